The SMILES string of the molecule is CC1=CC(=O)C2=C(C1=O)[C@@H](c1cc(C)c(O)c(C)c1)C1=CC[C@@H]3C(=O)N(O)C(=O)[C@@H]3[C@@H]1C2. The third kappa shape index (κ3) is 2.64. The molecule has 0 aromatic heterocycles. The lowest BCUT2D eigenvalue weighted by Crippen LogP contribution is -2.39. The number of hydroxylamine groups is 2. The van der Waals surface area contributed by atoms with Crippen LogP contribution in [-0.2, 0) is 19.2 Å². The molecule has 4 atom stereocenters. The van der Waals surface area contributed by atoms with E-state index in [-0.39, 0.29) is 35.2 Å². The van der Waals surface area contributed by atoms with Gasteiger partial charge in [0, 0.05) is 22.6 Å². The molecule has 1 fully saturated rings. The van der Waals surface area contributed by atoms with E-state index < -0.39 is 35.5 Å². The molecule has 3 aliphatic carbocycles. The summed E-state index contributed by atoms with van der Waals surface area (Å²) in [6.45, 7) is 5.16. The minimum atomic E-state index is -0.765. The molecule has 1 aromatic rings. The van der Waals surface area contributed by atoms with Crippen molar-refractivity contribution in [3.05, 3.63) is 63.3 Å². The fourth-order valence-corrected chi connectivity index (χ4v) is 5.88. The molecule has 0 bridgehead atoms. The van der Waals surface area contributed by atoms with E-state index in [0.29, 0.717) is 27.8 Å². The lowest BCUT2D eigenvalue weighted by Gasteiger charge is -2.42. The number of amides is 2. The molecule has 0 radical (unpaired) electrons. The molecule has 1 heterocycles. The zero-order valence-electron chi connectivity index (χ0n) is 18.0. The van der Waals surface area contributed by atoms with Crippen molar-refractivity contribution in [2.24, 2.45) is 17.8 Å². The largest absolute Gasteiger partial charge is 0.507 e. The molecule has 1 aliphatic heterocycles. The number of Topliss-reactive ketones (excluding diaryl/α,β-unsaturated/α-hetero) is 1. The highest BCUT2D eigenvalue weighted by atomic mass is 16.5. The quantitative estimate of drug-likeness (QED) is 0.305. The van der Waals surface area contributed by atoms with E-state index >= 15 is 0 Å². The van der Waals surface area contributed by atoms with E-state index in [0.717, 1.165) is 11.1 Å². The Morgan fingerprint density at radius 1 is 0.969 bits per heavy atom. The number of aryl methyl sites for hydroxylation is 2. The average molecular weight is 433 g/mol. The summed E-state index contributed by atoms with van der Waals surface area (Å²) < 4.78 is 0. The van der Waals surface area contributed by atoms with Gasteiger partial charge in [-0.25, -0.2) is 0 Å². The minimum absolute atomic E-state index is 0.169. The van der Waals surface area contributed by atoms with Gasteiger partial charge in [-0.1, -0.05) is 23.8 Å². The number of carbonyl (C=O) groups excluding carboxylic acids is 4. The molecule has 0 saturated carbocycles. The summed E-state index contributed by atoms with van der Waals surface area (Å²) in [6.07, 6.45) is 3.69. The molecule has 2 N–H and O–H groups in total. The summed E-state index contributed by atoms with van der Waals surface area (Å²) in [6, 6.07) is 3.61. The van der Waals surface area contributed by atoms with Gasteiger partial charge in [0.1, 0.15) is 5.75 Å². The van der Waals surface area contributed by atoms with Crippen LogP contribution in [0.2, 0.25) is 0 Å². The second-order valence-electron chi connectivity index (χ2n) is 9.22. The van der Waals surface area contributed by atoms with Gasteiger partial charge < -0.3 is 5.11 Å². The van der Waals surface area contributed by atoms with Gasteiger partial charge in [-0.2, -0.15) is 5.06 Å². The van der Waals surface area contributed by atoms with Gasteiger partial charge in [0.15, 0.2) is 11.6 Å². The zero-order chi connectivity index (χ0) is 23.1. The van der Waals surface area contributed by atoms with Gasteiger partial charge in [-0.3, -0.25) is 24.4 Å². The van der Waals surface area contributed by atoms with Crippen molar-refractivity contribution < 1.29 is 29.5 Å². The average Bonchev–Trinajstić information content (AvgIpc) is 2.98. The van der Waals surface area contributed by atoms with Gasteiger partial charge in [-0.05, 0) is 62.3 Å². The maximum atomic E-state index is 13.3. The van der Waals surface area contributed by atoms with Crippen molar-refractivity contribution in [2.45, 2.75) is 39.5 Å². The summed E-state index contributed by atoms with van der Waals surface area (Å²) in [4.78, 5) is 51.4. The monoisotopic (exact) mass is 433 g/mol. The summed E-state index contributed by atoms with van der Waals surface area (Å²) >= 11 is 0. The van der Waals surface area contributed by atoms with Crippen LogP contribution in [0.4, 0.5) is 0 Å². The Kier molecular flexibility index (Phi) is 4.40. The van der Waals surface area contributed by atoms with Gasteiger partial charge >= 0.3 is 0 Å². The van der Waals surface area contributed by atoms with Crippen LogP contribution in [0.15, 0.2) is 46.6 Å². The maximum absolute atomic E-state index is 13.3. The molecule has 1 aromatic carbocycles. The number of carbonyl (C=O) groups is 4. The van der Waals surface area contributed by atoms with Crippen molar-refractivity contribution in [1.29, 1.82) is 0 Å². The fraction of sp³-hybridized carbons (Fsp3) is 0.360. The number of imide groups is 1. The molecular formula is C25H23NO6. The van der Waals surface area contributed by atoms with Crippen LogP contribution in [0.3, 0.4) is 0 Å². The molecular weight excluding hydrogens is 410 g/mol. The van der Waals surface area contributed by atoms with Crippen molar-refractivity contribution in [3.63, 3.8) is 0 Å². The number of hydrogen-bond acceptors (Lipinski definition) is 6. The Labute approximate surface area is 184 Å². The van der Waals surface area contributed by atoms with Crippen molar-refractivity contribution in [2.75, 3.05) is 0 Å². The topological polar surface area (TPSA) is 112 Å². The molecule has 1 saturated heterocycles. The number of phenols is 1. The highest BCUT2D eigenvalue weighted by Crippen LogP contribution is 2.55. The molecule has 0 unspecified atom stereocenters. The van der Waals surface area contributed by atoms with Crippen LogP contribution in [0.25, 0.3) is 0 Å². The van der Waals surface area contributed by atoms with Gasteiger partial charge in [-0.15, -0.1) is 0 Å². The van der Waals surface area contributed by atoms with Crippen LogP contribution in [0, 0.1) is 31.6 Å². The molecule has 7 heteroatoms. The molecule has 7 nitrogen and oxygen atoms in total. The normalized spacial score (nSPS) is 29.6. The van der Waals surface area contributed by atoms with Crippen molar-refractivity contribution in [1.82, 2.24) is 5.06 Å². The number of hydrogen-bond donors (Lipinski definition) is 2. The number of fused-ring (bicyclic) bond motifs is 3. The Morgan fingerprint density at radius 3 is 2.28 bits per heavy atom. The third-order valence-electron chi connectivity index (χ3n) is 7.39. The summed E-state index contributed by atoms with van der Waals surface area (Å²) in [5.74, 6) is -4.02. The van der Waals surface area contributed by atoms with Gasteiger partial charge in [0.25, 0.3) is 11.8 Å². The smallest absolute Gasteiger partial charge is 0.257 e. The second kappa shape index (κ2) is 6.84. The van der Waals surface area contributed by atoms with E-state index in [9.17, 15) is 29.5 Å². The predicted octanol–water partition coefficient (Wildman–Crippen LogP) is 2.83. The molecule has 2 amide bonds. The van der Waals surface area contributed by atoms with Crippen molar-refractivity contribution in [3.8, 4) is 5.75 Å². The first-order valence-corrected chi connectivity index (χ1v) is 10.7. The molecule has 4 aliphatic rings. The number of rotatable bonds is 1. The molecule has 32 heavy (non-hydrogen) atoms. The van der Waals surface area contributed by atoms with E-state index in [2.05, 4.69) is 0 Å². The summed E-state index contributed by atoms with van der Waals surface area (Å²) in [5, 5.41) is 20.5. The lowest BCUT2D eigenvalue weighted by molar-refractivity contribution is -0.173. The minimum Gasteiger partial charge on any atom is -0.507 e. The Balaban J connectivity index is 1.74. The van der Waals surface area contributed by atoms with E-state index in [1.165, 1.54) is 6.08 Å². The van der Waals surface area contributed by atoms with Gasteiger partial charge in [0.05, 0.1) is 11.8 Å². The van der Waals surface area contributed by atoms with Crippen LogP contribution in [0.1, 0.15) is 42.4 Å². The maximum Gasteiger partial charge on any atom is 0.257 e. The number of aromatic hydroxyl groups is 1. The van der Waals surface area contributed by atoms with E-state index in [1.54, 1.807) is 32.9 Å². The lowest BCUT2D eigenvalue weighted by atomic mass is 9.59. The number of ketones is 2. The van der Waals surface area contributed by atoms with Crippen LogP contribution >= 0.6 is 0 Å². The first-order chi connectivity index (χ1) is 15.1. The summed E-state index contributed by atoms with van der Waals surface area (Å²) in [7, 11) is 0. The van der Waals surface area contributed by atoms with Crippen LogP contribution in [0.5, 0.6) is 5.75 Å². The van der Waals surface area contributed by atoms with Gasteiger partial charge in [0.2, 0.25) is 0 Å². The molecule has 164 valence electrons. The standard InChI is InChI=1S/C25H23NO6/c1-10-6-13(7-11(2)22(10)28)19-14-4-5-15-20(25(31)26(32)24(15)30)16(14)9-17-18(27)8-12(3)23(29)21(17)19/h4,6-8,15-16,19-20,28,32H,5,9H2,1-3H3/t15-,16+,19-,20-/m0/s1. The predicted molar refractivity (Wildman–Crippen MR) is 113 cm³/mol. The number of allylic oxidation sites excluding steroid dienone is 6. The number of benzene rings is 1. The highest BCUT2D eigenvalue weighted by molar-refractivity contribution is 6.23. The number of phenolic OH excluding ortho intramolecular Hbond substituents is 1. The first-order valence-electron chi connectivity index (χ1n) is 10.7. The Bertz CT molecular complexity index is 1210. The third-order valence-corrected chi connectivity index (χ3v) is 7.39. The first kappa shape index (κ1) is 20.6. The number of nitrogens with zero attached hydrogens (tertiary/aromatic N) is 1. The second-order valence-corrected chi connectivity index (χ2v) is 9.22. The zero-order valence-corrected chi connectivity index (χ0v) is 18.0. The van der Waals surface area contributed by atoms with Crippen molar-refractivity contribution >= 4 is 23.4 Å². The van der Waals surface area contributed by atoms with Crippen LogP contribution < -0.4 is 0 Å². The molecule has 0 spiro atoms. The molecule has 5 rings (SSSR count). The Hall–Kier alpha value is -3.32. The Morgan fingerprint density at radius 2 is 1.62 bits per heavy atom. The van der Waals surface area contributed by atoms with Crippen LogP contribution in [-0.4, -0.2) is 38.8 Å². The highest BCUT2D eigenvalue weighted by Gasteiger charge is 2.56. The van der Waals surface area contributed by atoms with E-state index in [1.807, 2.05) is 6.08 Å². The summed E-state index contributed by atoms with van der Waals surface area (Å²) in [5.41, 5.74) is 4.02. The van der Waals surface area contributed by atoms with E-state index in [4.69, 9.17) is 0 Å². The fourth-order valence-electron chi connectivity index (χ4n) is 5.88.